The maximum atomic E-state index is 13.2. The first-order valence-electron chi connectivity index (χ1n) is 4.92. The summed E-state index contributed by atoms with van der Waals surface area (Å²) in [5.41, 5.74) is 5.66. The normalized spacial score (nSPS) is 13.6. The first-order valence-corrected chi connectivity index (χ1v) is 6.53. The van der Waals surface area contributed by atoms with Crippen molar-refractivity contribution >= 4 is 10.1 Å². The van der Waals surface area contributed by atoms with Crippen LogP contribution in [0.5, 0.6) is 0 Å². The lowest BCUT2D eigenvalue weighted by Gasteiger charge is -2.11. The van der Waals surface area contributed by atoms with Crippen LogP contribution in [0, 0.1) is 11.6 Å². The zero-order valence-corrected chi connectivity index (χ0v) is 9.75. The summed E-state index contributed by atoms with van der Waals surface area (Å²) in [5.74, 6) is -1.66. The van der Waals surface area contributed by atoms with Crippen molar-refractivity contribution in [3.05, 3.63) is 35.4 Å². The highest BCUT2D eigenvalue weighted by Gasteiger charge is 2.13. The van der Waals surface area contributed by atoms with Crippen molar-refractivity contribution in [3.8, 4) is 0 Å². The van der Waals surface area contributed by atoms with Gasteiger partial charge in [0.1, 0.15) is 11.6 Å². The van der Waals surface area contributed by atoms with Gasteiger partial charge in [-0.25, -0.2) is 8.78 Å². The summed E-state index contributed by atoms with van der Waals surface area (Å²) in [5, 5.41) is 0. The van der Waals surface area contributed by atoms with E-state index in [1.807, 2.05) is 0 Å². The second kappa shape index (κ2) is 5.52. The van der Waals surface area contributed by atoms with Crippen LogP contribution in [0.25, 0.3) is 0 Å². The topological polar surface area (TPSA) is 80.4 Å². The summed E-state index contributed by atoms with van der Waals surface area (Å²) in [4.78, 5) is 0. The van der Waals surface area contributed by atoms with E-state index in [1.165, 1.54) is 0 Å². The molecule has 0 aliphatic rings. The molecule has 0 aliphatic heterocycles. The zero-order chi connectivity index (χ0) is 13.1. The molecule has 0 spiro atoms. The molecule has 96 valence electrons. The van der Waals surface area contributed by atoms with Crippen LogP contribution in [0.1, 0.15) is 12.0 Å². The van der Waals surface area contributed by atoms with Crippen LogP contribution in [0.3, 0.4) is 0 Å². The molecule has 1 aromatic rings. The molecule has 0 saturated carbocycles. The van der Waals surface area contributed by atoms with Gasteiger partial charge in [0.15, 0.2) is 0 Å². The molecule has 4 nitrogen and oxygen atoms in total. The van der Waals surface area contributed by atoms with Crippen molar-refractivity contribution in [3.63, 3.8) is 0 Å². The van der Waals surface area contributed by atoms with Gasteiger partial charge in [-0.2, -0.15) is 8.42 Å². The average molecular weight is 265 g/mol. The predicted octanol–water partition coefficient (Wildman–Crippen LogP) is 1.11. The van der Waals surface area contributed by atoms with Gasteiger partial charge in [-0.15, -0.1) is 0 Å². The molecular formula is C10H13F2NO3S. The smallest absolute Gasteiger partial charge is 0.264 e. The van der Waals surface area contributed by atoms with Crippen molar-refractivity contribution in [2.75, 3.05) is 5.75 Å². The van der Waals surface area contributed by atoms with Crippen LogP contribution < -0.4 is 5.73 Å². The fraction of sp³-hybridized carbons (Fsp3) is 0.400. The summed E-state index contributed by atoms with van der Waals surface area (Å²) in [7, 11) is -4.08. The molecule has 0 radical (unpaired) electrons. The summed E-state index contributed by atoms with van der Waals surface area (Å²) < 4.78 is 55.5. The minimum absolute atomic E-state index is 0.0130. The molecule has 1 aromatic carbocycles. The Labute approximate surface area is 98.2 Å². The van der Waals surface area contributed by atoms with Crippen LogP contribution in [-0.4, -0.2) is 24.8 Å². The number of hydrogen-bond acceptors (Lipinski definition) is 3. The highest BCUT2D eigenvalue weighted by atomic mass is 32.2. The summed E-state index contributed by atoms with van der Waals surface area (Å²) in [6, 6.07) is 2.33. The molecule has 0 aliphatic carbocycles. The molecule has 17 heavy (non-hydrogen) atoms. The molecule has 0 aromatic heterocycles. The quantitative estimate of drug-likeness (QED) is 0.782. The standard InChI is InChI=1S/C10H13F2NO3S/c11-8-1-2-10(12)7(5-8)6-9(13)3-4-17(14,15)16/h1-2,5,9H,3-4,6,13H2,(H,14,15,16). The summed E-state index contributed by atoms with van der Waals surface area (Å²) in [6.45, 7) is 0. The molecule has 0 fully saturated rings. The van der Waals surface area contributed by atoms with Crippen LogP contribution in [-0.2, 0) is 16.5 Å². The fourth-order valence-electron chi connectivity index (χ4n) is 1.38. The van der Waals surface area contributed by atoms with E-state index < -0.39 is 33.5 Å². The lowest BCUT2D eigenvalue weighted by atomic mass is 10.0. The van der Waals surface area contributed by atoms with E-state index in [9.17, 15) is 17.2 Å². The van der Waals surface area contributed by atoms with Crippen LogP contribution in [0.4, 0.5) is 8.78 Å². The molecule has 0 bridgehead atoms. The largest absolute Gasteiger partial charge is 0.327 e. The van der Waals surface area contributed by atoms with E-state index in [1.54, 1.807) is 0 Å². The highest BCUT2D eigenvalue weighted by Crippen LogP contribution is 2.12. The third-order valence-corrected chi connectivity index (χ3v) is 2.99. The average Bonchev–Trinajstić information content (AvgIpc) is 2.20. The van der Waals surface area contributed by atoms with E-state index >= 15 is 0 Å². The summed E-state index contributed by atoms with van der Waals surface area (Å²) in [6.07, 6.45) is -0.00605. The Morgan fingerprint density at radius 2 is 2.00 bits per heavy atom. The lowest BCUT2D eigenvalue weighted by Crippen LogP contribution is -2.26. The number of hydrogen-bond donors (Lipinski definition) is 2. The van der Waals surface area contributed by atoms with Crippen molar-refractivity contribution in [1.29, 1.82) is 0 Å². The second-order valence-electron chi connectivity index (χ2n) is 3.77. The SMILES string of the molecule is NC(CCS(=O)(=O)O)Cc1cc(F)ccc1F. The van der Waals surface area contributed by atoms with Crippen molar-refractivity contribution in [2.24, 2.45) is 5.73 Å². The lowest BCUT2D eigenvalue weighted by molar-refractivity contribution is 0.475. The first kappa shape index (κ1) is 14.0. The van der Waals surface area contributed by atoms with Crippen LogP contribution in [0.15, 0.2) is 18.2 Å². The molecule has 0 amide bonds. The monoisotopic (exact) mass is 265 g/mol. The minimum Gasteiger partial charge on any atom is -0.327 e. The van der Waals surface area contributed by atoms with E-state index in [-0.39, 0.29) is 18.4 Å². The molecule has 1 rings (SSSR count). The first-order chi connectivity index (χ1) is 7.78. The molecule has 7 heteroatoms. The Morgan fingerprint density at radius 1 is 1.35 bits per heavy atom. The molecule has 0 heterocycles. The molecular weight excluding hydrogens is 252 g/mol. The van der Waals surface area contributed by atoms with Gasteiger partial charge in [-0.3, -0.25) is 4.55 Å². The van der Waals surface area contributed by atoms with Crippen molar-refractivity contribution in [1.82, 2.24) is 0 Å². The van der Waals surface area contributed by atoms with Gasteiger partial charge in [0.25, 0.3) is 10.1 Å². The molecule has 0 saturated heterocycles. The molecule has 1 unspecified atom stereocenters. The van der Waals surface area contributed by atoms with E-state index in [4.69, 9.17) is 10.3 Å². The van der Waals surface area contributed by atoms with Gasteiger partial charge in [0.05, 0.1) is 5.75 Å². The number of nitrogens with two attached hydrogens (primary N) is 1. The van der Waals surface area contributed by atoms with Gasteiger partial charge < -0.3 is 5.73 Å². The zero-order valence-electron chi connectivity index (χ0n) is 8.94. The van der Waals surface area contributed by atoms with E-state index in [0.29, 0.717) is 0 Å². The maximum Gasteiger partial charge on any atom is 0.264 e. The Bertz CT molecular complexity index is 490. The van der Waals surface area contributed by atoms with E-state index in [0.717, 1.165) is 18.2 Å². The van der Waals surface area contributed by atoms with Gasteiger partial charge >= 0.3 is 0 Å². The predicted molar refractivity (Wildman–Crippen MR) is 59.1 cm³/mol. The van der Waals surface area contributed by atoms with Gasteiger partial charge in [-0.1, -0.05) is 0 Å². The second-order valence-corrected chi connectivity index (χ2v) is 5.35. The minimum atomic E-state index is -4.08. The van der Waals surface area contributed by atoms with E-state index in [2.05, 4.69) is 0 Å². The molecule has 1 atom stereocenters. The summed E-state index contributed by atoms with van der Waals surface area (Å²) >= 11 is 0. The number of halogens is 2. The van der Waals surface area contributed by atoms with Crippen molar-refractivity contribution in [2.45, 2.75) is 18.9 Å². The van der Waals surface area contributed by atoms with Crippen LogP contribution >= 0.6 is 0 Å². The third-order valence-electron chi connectivity index (χ3n) is 2.24. The fourth-order valence-corrected chi connectivity index (χ4v) is 1.99. The Kier molecular flexibility index (Phi) is 4.55. The van der Waals surface area contributed by atoms with Gasteiger partial charge in [0.2, 0.25) is 0 Å². The number of rotatable bonds is 5. The van der Waals surface area contributed by atoms with Crippen molar-refractivity contribution < 1.29 is 21.8 Å². The number of benzene rings is 1. The maximum absolute atomic E-state index is 13.2. The van der Waals surface area contributed by atoms with Gasteiger partial charge in [0, 0.05) is 6.04 Å². The Morgan fingerprint density at radius 3 is 2.59 bits per heavy atom. The molecule has 3 N–H and O–H groups in total. The van der Waals surface area contributed by atoms with Gasteiger partial charge in [-0.05, 0) is 36.6 Å². The third kappa shape index (κ3) is 5.20. The van der Waals surface area contributed by atoms with Crippen LogP contribution in [0.2, 0.25) is 0 Å². The highest BCUT2D eigenvalue weighted by molar-refractivity contribution is 7.85. The Hall–Kier alpha value is -1.05. The Balaban J connectivity index is 2.62.